The largest absolute Gasteiger partial charge is 0.454 e. The number of carbonyl (C=O) groups is 1. The number of rotatable bonds is 5. The number of ether oxygens (including phenoxy) is 2. The van der Waals surface area contributed by atoms with Crippen LogP contribution in [0.4, 0.5) is 13.2 Å². The summed E-state index contributed by atoms with van der Waals surface area (Å²) in [7, 11) is 0. The Bertz CT molecular complexity index is 772. The Morgan fingerprint density at radius 2 is 2.04 bits per heavy atom. The first-order valence-corrected chi connectivity index (χ1v) is 8.29. The maximum Gasteiger partial charge on any atom is 0.406 e. The third-order valence-corrected chi connectivity index (χ3v) is 4.18. The Kier molecular flexibility index (Phi) is 4.98. The highest BCUT2D eigenvalue weighted by molar-refractivity contribution is 7.07. The van der Waals surface area contributed by atoms with E-state index in [1.54, 1.807) is 35.0 Å². The molecule has 0 saturated heterocycles. The van der Waals surface area contributed by atoms with Gasteiger partial charge in [0.1, 0.15) is 6.54 Å². The summed E-state index contributed by atoms with van der Waals surface area (Å²) in [6.07, 6.45) is -1.87. The Balaban J connectivity index is 1.72. The van der Waals surface area contributed by atoms with Crippen molar-refractivity contribution < 1.29 is 27.4 Å². The summed E-state index contributed by atoms with van der Waals surface area (Å²) in [5, 5.41) is 3.48. The number of carbonyl (C=O) groups excluding carboxylic acids is 1. The second-order valence-corrected chi connectivity index (χ2v) is 6.17. The molecule has 2 aromatic rings. The van der Waals surface area contributed by atoms with Gasteiger partial charge in [-0.3, -0.25) is 4.79 Å². The van der Waals surface area contributed by atoms with E-state index in [2.05, 4.69) is 0 Å². The van der Waals surface area contributed by atoms with Gasteiger partial charge in [-0.05, 0) is 46.2 Å². The normalized spacial score (nSPS) is 13.4. The van der Waals surface area contributed by atoms with Crippen LogP contribution in [0.5, 0.6) is 11.5 Å². The average Bonchev–Trinajstić information content (AvgIpc) is 3.21. The number of fused-ring (bicyclic) bond motifs is 1. The van der Waals surface area contributed by atoms with E-state index in [0.29, 0.717) is 22.6 Å². The smallest absolute Gasteiger partial charge is 0.406 e. The summed E-state index contributed by atoms with van der Waals surface area (Å²) < 4.78 is 48.7. The second kappa shape index (κ2) is 7.18. The highest BCUT2D eigenvalue weighted by Gasteiger charge is 2.32. The van der Waals surface area contributed by atoms with Crippen LogP contribution < -0.4 is 9.47 Å². The van der Waals surface area contributed by atoms with Crippen LogP contribution in [0.1, 0.15) is 11.1 Å². The van der Waals surface area contributed by atoms with E-state index < -0.39 is 18.6 Å². The summed E-state index contributed by atoms with van der Waals surface area (Å²) >= 11 is 1.37. The molecule has 0 fully saturated rings. The van der Waals surface area contributed by atoms with E-state index in [1.807, 2.05) is 0 Å². The first kappa shape index (κ1) is 17.3. The molecule has 0 spiro atoms. The Labute approximate surface area is 146 Å². The summed E-state index contributed by atoms with van der Waals surface area (Å²) in [4.78, 5) is 13.0. The second-order valence-electron chi connectivity index (χ2n) is 5.39. The predicted octanol–water partition coefficient (Wildman–Crippen LogP) is 4.08. The van der Waals surface area contributed by atoms with Gasteiger partial charge in [0.05, 0.1) is 0 Å². The summed E-state index contributed by atoms with van der Waals surface area (Å²) in [6, 6.07) is 6.75. The van der Waals surface area contributed by atoms with Crippen LogP contribution in [0.3, 0.4) is 0 Å². The molecule has 1 aromatic heterocycles. The molecule has 0 aliphatic carbocycles. The van der Waals surface area contributed by atoms with Crippen molar-refractivity contribution in [3.05, 3.63) is 52.2 Å². The van der Waals surface area contributed by atoms with Crippen molar-refractivity contribution in [2.75, 3.05) is 13.3 Å². The molecule has 132 valence electrons. The van der Waals surface area contributed by atoms with Crippen molar-refractivity contribution in [1.29, 1.82) is 0 Å². The molecule has 2 heterocycles. The van der Waals surface area contributed by atoms with Crippen LogP contribution in [0.2, 0.25) is 0 Å². The topological polar surface area (TPSA) is 38.8 Å². The van der Waals surface area contributed by atoms with Gasteiger partial charge in [-0.1, -0.05) is 6.07 Å². The summed E-state index contributed by atoms with van der Waals surface area (Å²) in [5.74, 6) is 0.431. The van der Waals surface area contributed by atoms with Crippen molar-refractivity contribution in [3.63, 3.8) is 0 Å². The van der Waals surface area contributed by atoms with Gasteiger partial charge in [-0.25, -0.2) is 0 Å². The Morgan fingerprint density at radius 3 is 2.76 bits per heavy atom. The molecule has 0 bridgehead atoms. The van der Waals surface area contributed by atoms with E-state index in [9.17, 15) is 18.0 Å². The molecule has 8 heteroatoms. The molecule has 3 rings (SSSR count). The third-order valence-electron chi connectivity index (χ3n) is 3.45. The van der Waals surface area contributed by atoms with Gasteiger partial charge in [0.15, 0.2) is 11.5 Å². The van der Waals surface area contributed by atoms with Crippen LogP contribution in [-0.2, 0) is 11.3 Å². The van der Waals surface area contributed by atoms with Gasteiger partial charge in [0, 0.05) is 12.6 Å². The number of hydrogen-bond acceptors (Lipinski definition) is 4. The number of hydrogen-bond donors (Lipinski definition) is 0. The predicted molar refractivity (Wildman–Crippen MR) is 87.4 cm³/mol. The molecular weight excluding hydrogens is 355 g/mol. The van der Waals surface area contributed by atoms with Crippen LogP contribution in [0.15, 0.2) is 41.1 Å². The first-order chi connectivity index (χ1) is 11.9. The summed E-state index contributed by atoms with van der Waals surface area (Å²) in [6.45, 7) is -1.26. The maximum absolute atomic E-state index is 12.8. The molecule has 25 heavy (non-hydrogen) atoms. The number of nitrogens with zero attached hydrogens (tertiary/aromatic N) is 1. The minimum atomic E-state index is -4.46. The lowest BCUT2D eigenvalue weighted by atomic mass is 10.2. The number of alkyl halides is 3. The highest BCUT2D eigenvalue weighted by atomic mass is 32.1. The molecule has 0 atom stereocenters. The van der Waals surface area contributed by atoms with Gasteiger partial charge in [-0.15, -0.1) is 0 Å². The molecular formula is C17H14F3NO3S. The zero-order valence-corrected chi connectivity index (χ0v) is 13.8. The van der Waals surface area contributed by atoms with Crippen LogP contribution >= 0.6 is 11.3 Å². The van der Waals surface area contributed by atoms with Crippen LogP contribution in [0.25, 0.3) is 6.08 Å². The van der Waals surface area contributed by atoms with E-state index in [-0.39, 0.29) is 13.3 Å². The van der Waals surface area contributed by atoms with E-state index in [4.69, 9.17) is 9.47 Å². The lowest BCUT2D eigenvalue weighted by Gasteiger charge is -2.22. The fourth-order valence-corrected chi connectivity index (χ4v) is 2.98. The SMILES string of the molecule is O=C(/C=C/c1ccc2c(c1)OCO2)N(Cc1ccsc1)CC(F)(F)F. The molecule has 0 N–H and O–H groups in total. The minimum absolute atomic E-state index is 0.0900. The molecule has 1 aliphatic rings. The van der Waals surface area contributed by atoms with Crippen molar-refractivity contribution >= 4 is 23.3 Å². The minimum Gasteiger partial charge on any atom is -0.454 e. The molecule has 0 unspecified atom stereocenters. The van der Waals surface area contributed by atoms with Crippen molar-refractivity contribution in [1.82, 2.24) is 4.90 Å². The first-order valence-electron chi connectivity index (χ1n) is 7.35. The highest BCUT2D eigenvalue weighted by Crippen LogP contribution is 2.32. The fraction of sp³-hybridized carbons (Fsp3) is 0.235. The molecule has 0 saturated carbocycles. The molecule has 1 aliphatic heterocycles. The molecule has 1 amide bonds. The van der Waals surface area contributed by atoms with Gasteiger partial charge >= 0.3 is 6.18 Å². The van der Waals surface area contributed by atoms with Crippen LogP contribution in [-0.4, -0.2) is 30.3 Å². The number of benzene rings is 1. The van der Waals surface area contributed by atoms with Gasteiger partial charge in [0.2, 0.25) is 12.7 Å². The molecule has 0 radical (unpaired) electrons. The zero-order chi connectivity index (χ0) is 17.9. The van der Waals surface area contributed by atoms with Gasteiger partial charge in [0.25, 0.3) is 0 Å². The van der Waals surface area contributed by atoms with Crippen molar-refractivity contribution in [2.45, 2.75) is 12.7 Å². The average molecular weight is 369 g/mol. The quantitative estimate of drug-likeness (QED) is 0.746. The Hall–Kier alpha value is -2.48. The standard InChI is InChI=1S/C17H14F3NO3S/c18-17(19,20)10-21(8-13-5-6-25-9-13)16(22)4-2-12-1-3-14-15(7-12)24-11-23-14/h1-7,9H,8,10-11H2/b4-2+. The number of amides is 1. The van der Waals surface area contributed by atoms with E-state index in [0.717, 1.165) is 11.0 Å². The fourth-order valence-electron chi connectivity index (χ4n) is 2.32. The van der Waals surface area contributed by atoms with E-state index in [1.165, 1.54) is 17.4 Å². The monoisotopic (exact) mass is 369 g/mol. The van der Waals surface area contributed by atoms with Crippen molar-refractivity contribution in [2.24, 2.45) is 0 Å². The molecule has 1 aromatic carbocycles. The lowest BCUT2D eigenvalue weighted by Crippen LogP contribution is -2.37. The van der Waals surface area contributed by atoms with E-state index >= 15 is 0 Å². The zero-order valence-electron chi connectivity index (χ0n) is 13.0. The molecule has 4 nitrogen and oxygen atoms in total. The van der Waals surface area contributed by atoms with Gasteiger partial charge < -0.3 is 14.4 Å². The lowest BCUT2D eigenvalue weighted by molar-refractivity contribution is -0.159. The van der Waals surface area contributed by atoms with Crippen molar-refractivity contribution in [3.8, 4) is 11.5 Å². The Morgan fingerprint density at radius 1 is 1.24 bits per heavy atom. The summed E-state index contributed by atoms with van der Waals surface area (Å²) in [5.41, 5.74) is 1.30. The number of halogens is 3. The maximum atomic E-state index is 12.8. The van der Waals surface area contributed by atoms with Crippen LogP contribution in [0, 0.1) is 0 Å². The van der Waals surface area contributed by atoms with Gasteiger partial charge in [-0.2, -0.15) is 24.5 Å². The third kappa shape index (κ3) is 4.76. The number of thiophene rings is 1.